The van der Waals surface area contributed by atoms with Gasteiger partial charge in [-0.2, -0.15) is 5.26 Å². The fourth-order valence-electron chi connectivity index (χ4n) is 6.39. The molecular formula is C34H50N8O. The highest BCUT2D eigenvalue weighted by Crippen LogP contribution is 2.35. The Labute approximate surface area is 257 Å². The quantitative estimate of drug-likeness (QED) is 0.137. The fourth-order valence-corrected chi connectivity index (χ4v) is 6.39. The first-order chi connectivity index (χ1) is 20.6. The van der Waals surface area contributed by atoms with Crippen LogP contribution >= 0.6 is 0 Å². The van der Waals surface area contributed by atoms with Gasteiger partial charge < -0.3 is 15.6 Å². The number of carbonyl (C=O) groups is 1. The van der Waals surface area contributed by atoms with Gasteiger partial charge in [0.05, 0.1) is 5.41 Å². The van der Waals surface area contributed by atoms with E-state index >= 15 is 0 Å². The lowest BCUT2D eigenvalue weighted by molar-refractivity contribution is -0.135. The Kier molecular flexibility index (Phi) is 10.9. The zero-order chi connectivity index (χ0) is 31.1. The molecule has 1 saturated heterocycles. The number of nitriles is 1. The minimum Gasteiger partial charge on any atom is -0.354 e. The minimum absolute atomic E-state index is 0.141. The molecule has 1 aliphatic rings. The molecule has 0 spiro atoms. The molecule has 3 aromatic rings. The van der Waals surface area contributed by atoms with Crippen molar-refractivity contribution in [2.24, 2.45) is 5.73 Å². The molecule has 1 amide bonds. The van der Waals surface area contributed by atoms with E-state index in [1.807, 2.05) is 32.6 Å². The molecule has 1 aliphatic heterocycles. The predicted octanol–water partition coefficient (Wildman–Crippen LogP) is 3.66. The summed E-state index contributed by atoms with van der Waals surface area (Å²) in [6, 6.07) is 13.1. The number of H-pyrrole nitrogens is 1. The molecule has 5 N–H and O–H groups in total. The number of aromatic nitrogens is 1. The topological polar surface area (TPSA) is 116 Å². The molecule has 2 aromatic carbocycles. The lowest BCUT2D eigenvalue weighted by Gasteiger charge is -2.38. The molecule has 0 aliphatic carbocycles. The second-order valence-electron chi connectivity index (χ2n) is 12.2. The smallest absolute Gasteiger partial charge is 0.232 e. The molecule has 9 heteroatoms. The van der Waals surface area contributed by atoms with Crippen molar-refractivity contribution in [3.63, 3.8) is 0 Å². The first-order valence-electron chi connectivity index (χ1n) is 15.7. The van der Waals surface area contributed by atoms with E-state index in [4.69, 9.17) is 5.73 Å². The maximum Gasteiger partial charge on any atom is 0.232 e. The van der Waals surface area contributed by atoms with Gasteiger partial charge in [-0.3, -0.25) is 25.2 Å². The van der Waals surface area contributed by atoms with Gasteiger partial charge in [0.1, 0.15) is 6.29 Å². The van der Waals surface area contributed by atoms with Crippen molar-refractivity contribution < 1.29 is 4.79 Å². The van der Waals surface area contributed by atoms with Gasteiger partial charge in [-0.25, -0.2) is 0 Å². The first kappa shape index (κ1) is 32.5. The van der Waals surface area contributed by atoms with Gasteiger partial charge in [-0.15, -0.1) is 0 Å². The van der Waals surface area contributed by atoms with Gasteiger partial charge in [0.15, 0.2) is 6.19 Å². The SMILES string of the molecule is CCN(CC)C(=O)C(C)(C)c1ccc2[nH]c(-c3cc(C)cc(C)c3)c(CCNC(NC#N)N3CCN(CCN)CC3)c2c1. The number of nitrogens with two attached hydrogens (primary N) is 1. The highest BCUT2D eigenvalue weighted by atomic mass is 16.2. The maximum atomic E-state index is 13.5. The lowest BCUT2D eigenvalue weighted by atomic mass is 9.82. The third-order valence-electron chi connectivity index (χ3n) is 8.85. The summed E-state index contributed by atoms with van der Waals surface area (Å²) in [5.41, 5.74) is 13.1. The summed E-state index contributed by atoms with van der Waals surface area (Å²) in [6.45, 7) is 19.6. The van der Waals surface area contributed by atoms with Crippen LogP contribution in [0.2, 0.25) is 0 Å². The molecule has 1 aromatic heterocycles. The number of carbonyl (C=O) groups excluding carboxylic acids is 1. The summed E-state index contributed by atoms with van der Waals surface area (Å²) in [5, 5.41) is 17.2. The van der Waals surface area contributed by atoms with Crippen LogP contribution < -0.4 is 16.4 Å². The number of nitrogens with zero attached hydrogens (tertiary/aromatic N) is 4. The van der Waals surface area contributed by atoms with Crippen LogP contribution in [-0.4, -0.2) is 90.8 Å². The van der Waals surface area contributed by atoms with E-state index in [-0.39, 0.29) is 12.2 Å². The zero-order valence-corrected chi connectivity index (χ0v) is 26.9. The number of likely N-dealkylation sites (N-methyl/N-ethyl adjacent to an activating group) is 1. The second kappa shape index (κ2) is 14.4. The number of benzene rings is 2. The highest BCUT2D eigenvalue weighted by Gasteiger charge is 2.33. The monoisotopic (exact) mass is 586 g/mol. The highest BCUT2D eigenvalue weighted by molar-refractivity contribution is 5.94. The summed E-state index contributed by atoms with van der Waals surface area (Å²) >= 11 is 0. The largest absolute Gasteiger partial charge is 0.354 e. The van der Waals surface area contributed by atoms with Crippen molar-refractivity contribution in [2.45, 2.75) is 59.7 Å². The first-order valence-corrected chi connectivity index (χ1v) is 15.7. The number of amides is 1. The van der Waals surface area contributed by atoms with Crippen LogP contribution in [0.25, 0.3) is 22.2 Å². The lowest BCUT2D eigenvalue weighted by Crippen LogP contribution is -2.60. The van der Waals surface area contributed by atoms with E-state index < -0.39 is 5.41 Å². The van der Waals surface area contributed by atoms with Crippen LogP contribution in [0.1, 0.15) is 49.9 Å². The predicted molar refractivity (Wildman–Crippen MR) is 175 cm³/mol. The molecule has 4 rings (SSSR count). The summed E-state index contributed by atoms with van der Waals surface area (Å²) in [5.74, 6) is 0.141. The number of aryl methyl sites for hydroxylation is 2. The molecule has 1 atom stereocenters. The number of rotatable bonds is 13. The van der Waals surface area contributed by atoms with E-state index in [9.17, 15) is 10.1 Å². The third kappa shape index (κ3) is 7.39. The molecular weight excluding hydrogens is 536 g/mol. The number of hydrogen-bond acceptors (Lipinski definition) is 7. The van der Waals surface area contributed by atoms with Gasteiger partial charge >= 0.3 is 0 Å². The van der Waals surface area contributed by atoms with Crippen LogP contribution in [0, 0.1) is 25.3 Å². The molecule has 1 fully saturated rings. The Morgan fingerprint density at radius 3 is 2.37 bits per heavy atom. The van der Waals surface area contributed by atoms with Crippen LogP contribution in [0.15, 0.2) is 36.4 Å². The number of hydrogen-bond donors (Lipinski definition) is 4. The average Bonchev–Trinajstić information content (AvgIpc) is 3.35. The van der Waals surface area contributed by atoms with Gasteiger partial charge in [0.2, 0.25) is 5.91 Å². The zero-order valence-electron chi connectivity index (χ0n) is 26.9. The number of piperazine rings is 1. The summed E-state index contributed by atoms with van der Waals surface area (Å²) in [7, 11) is 0. The summed E-state index contributed by atoms with van der Waals surface area (Å²) in [4.78, 5) is 23.8. The van der Waals surface area contributed by atoms with E-state index in [1.165, 1.54) is 16.7 Å². The number of nitrogens with one attached hydrogen (secondary N) is 3. The Hall–Kier alpha value is -3.42. The van der Waals surface area contributed by atoms with E-state index in [1.54, 1.807) is 0 Å². The molecule has 232 valence electrons. The van der Waals surface area contributed by atoms with Crippen molar-refractivity contribution in [2.75, 3.05) is 58.9 Å². The summed E-state index contributed by atoms with van der Waals surface area (Å²) in [6.07, 6.45) is 2.67. The minimum atomic E-state index is -0.652. The fraction of sp³-hybridized carbons (Fsp3) is 0.529. The van der Waals surface area contributed by atoms with Gasteiger partial charge in [-0.05, 0) is 88.9 Å². The van der Waals surface area contributed by atoms with E-state index in [0.29, 0.717) is 26.2 Å². The molecule has 0 bridgehead atoms. The molecule has 0 saturated carbocycles. The van der Waals surface area contributed by atoms with Crippen molar-refractivity contribution in [3.05, 3.63) is 58.7 Å². The van der Waals surface area contributed by atoms with E-state index in [2.05, 4.69) is 81.9 Å². The van der Waals surface area contributed by atoms with Crippen LogP contribution in [0.3, 0.4) is 0 Å². The average molecular weight is 587 g/mol. The summed E-state index contributed by atoms with van der Waals surface area (Å²) < 4.78 is 0. The van der Waals surface area contributed by atoms with E-state index in [0.717, 1.165) is 66.9 Å². The van der Waals surface area contributed by atoms with Gasteiger partial charge in [0, 0.05) is 75.5 Å². The van der Waals surface area contributed by atoms with Crippen molar-refractivity contribution in [3.8, 4) is 17.5 Å². The van der Waals surface area contributed by atoms with Gasteiger partial charge in [-0.1, -0.05) is 23.3 Å². The molecule has 9 nitrogen and oxygen atoms in total. The van der Waals surface area contributed by atoms with Crippen LogP contribution in [0.4, 0.5) is 0 Å². The number of fused-ring (bicyclic) bond motifs is 1. The number of aromatic amines is 1. The normalized spacial score (nSPS) is 15.4. The third-order valence-corrected chi connectivity index (χ3v) is 8.85. The maximum absolute atomic E-state index is 13.5. The second-order valence-corrected chi connectivity index (χ2v) is 12.2. The Balaban J connectivity index is 1.66. The van der Waals surface area contributed by atoms with Crippen molar-refractivity contribution in [1.82, 2.24) is 30.3 Å². The van der Waals surface area contributed by atoms with Crippen LogP contribution in [0.5, 0.6) is 0 Å². The van der Waals surface area contributed by atoms with Gasteiger partial charge in [0.25, 0.3) is 0 Å². The Morgan fingerprint density at radius 1 is 1.09 bits per heavy atom. The standard InChI is InChI=1S/C34H50N8O/c1-7-41(8-2)32(43)34(5,6)27-9-10-30-29(22-27)28(31(39-30)26-20-24(3)19-25(4)21-26)11-13-37-33(38-23-36)42-17-15-40(14-12-35)16-18-42/h9-10,19-22,33,37-39H,7-8,11-18,35H2,1-6H3. The Morgan fingerprint density at radius 2 is 1.77 bits per heavy atom. The van der Waals surface area contributed by atoms with Crippen molar-refractivity contribution >= 4 is 16.8 Å². The van der Waals surface area contributed by atoms with Crippen LogP contribution in [-0.2, 0) is 16.6 Å². The van der Waals surface area contributed by atoms with Crippen molar-refractivity contribution in [1.29, 1.82) is 5.26 Å². The molecule has 2 heterocycles. The molecule has 1 unspecified atom stereocenters. The molecule has 0 radical (unpaired) electrons. The Bertz CT molecular complexity index is 1410. The molecule has 43 heavy (non-hydrogen) atoms.